The summed E-state index contributed by atoms with van der Waals surface area (Å²) in [6.07, 6.45) is 3.58. The summed E-state index contributed by atoms with van der Waals surface area (Å²) in [5.74, 6) is -0.197. The van der Waals surface area contributed by atoms with Crippen LogP contribution in [0.25, 0.3) is 0 Å². The summed E-state index contributed by atoms with van der Waals surface area (Å²) < 4.78 is 4.63. The summed E-state index contributed by atoms with van der Waals surface area (Å²) in [5.41, 5.74) is 0. The van der Waals surface area contributed by atoms with Crippen molar-refractivity contribution < 1.29 is 9.53 Å². The van der Waals surface area contributed by atoms with Crippen molar-refractivity contribution in [2.75, 3.05) is 6.61 Å². The van der Waals surface area contributed by atoms with Crippen molar-refractivity contribution in [2.45, 2.75) is 13.3 Å². The van der Waals surface area contributed by atoms with Gasteiger partial charge in [0.2, 0.25) is 0 Å². The maximum Gasteiger partial charge on any atom is 0.309 e. The fourth-order valence-electron chi connectivity index (χ4n) is 0.399. The third-order valence-corrected chi connectivity index (χ3v) is 0.757. The van der Waals surface area contributed by atoms with Gasteiger partial charge in [-0.05, 0) is 13.8 Å². The number of carbonyl (C=O) groups excluding carboxylic acids is 1. The maximum atomic E-state index is 10.5. The quantitative estimate of drug-likeness (QED) is 0.534. The summed E-state index contributed by atoms with van der Waals surface area (Å²) in [7, 11) is 0. The van der Waals surface area contributed by atoms with Gasteiger partial charge in [0, 0.05) is 0 Å². The summed E-state index contributed by atoms with van der Waals surface area (Å²) in [6.45, 7) is 5.66. The smallest absolute Gasteiger partial charge is 0.309 e. The number of hydrogen-bond donors (Lipinski definition) is 0. The molecule has 1 radical (unpaired) electrons. The normalized spacial score (nSPS) is 10.0. The van der Waals surface area contributed by atoms with Crippen molar-refractivity contribution in [3.63, 3.8) is 0 Å². The molecule has 2 heteroatoms. The number of rotatable bonds is 3. The highest BCUT2D eigenvalue weighted by Crippen LogP contribution is 1.86. The van der Waals surface area contributed by atoms with Gasteiger partial charge in [0.05, 0.1) is 13.0 Å². The SMILES string of the molecule is [CH2]/C=C/CC(=O)OCC. The molecule has 0 atom stereocenters. The molecule has 0 aromatic rings. The molecule has 0 aromatic carbocycles. The molecule has 0 aliphatic heterocycles. The zero-order chi connectivity index (χ0) is 7.11. The van der Waals surface area contributed by atoms with E-state index in [0.29, 0.717) is 13.0 Å². The first-order valence-corrected chi connectivity index (χ1v) is 2.91. The highest BCUT2D eigenvalue weighted by Gasteiger charge is 1.94. The van der Waals surface area contributed by atoms with Gasteiger partial charge in [-0.3, -0.25) is 4.79 Å². The summed E-state index contributed by atoms with van der Waals surface area (Å²) in [4.78, 5) is 10.5. The lowest BCUT2D eigenvalue weighted by Crippen LogP contribution is -2.01. The number of carbonyl (C=O) groups is 1. The first-order valence-electron chi connectivity index (χ1n) is 2.91. The van der Waals surface area contributed by atoms with Gasteiger partial charge in [-0.1, -0.05) is 12.2 Å². The second kappa shape index (κ2) is 5.35. The number of hydrogen-bond acceptors (Lipinski definition) is 2. The minimum atomic E-state index is -0.197. The largest absolute Gasteiger partial charge is 0.466 e. The zero-order valence-corrected chi connectivity index (χ0v) is 5.59. The van der Waals surface area contributed by atoms with Crippen LogP contribution >= 0.6 is 0 Å². The predicted octanol–water partition coefficient (Wildman–Crippen LogP) is 1.33. The first-order chi connectivity index (χ1) is 4.31. The molecule has 0 rings (SSSR count). The van der Waals surface area contributed by atoms with Gasteiger partial charge in [-0.2, -0.15) is 0 Å². The van der Waals surface area contributed by atoms with Crippen molar-refractivity contribution in [1.29, 1.82) is 0 Å². The minimum absolute atomic E-state index is 0.197. The van der Waals surface area contributed by atoms with Crippen molar-refractivity contribution in [3.05, 3.63) is 19.1 Å². The van der Waals surface area contributed by atoms with E-state index >= 15 is 0 Å². The highest BCUT2D eigenvalue weighted by atomic mass is 16.5. The number of ether oxygens (including phenoxy) is 1. The standard InChI is InChI=1S/C7H11O2/c1-3-5-6-7(8)9-4-2/h3,5H,1,4,6H2,2H3/b5-3+. The van der Waals surface area contributed by atoms with Crippen LogP contribution in [0.15, 0.2) is 12.2 Å². The van der Waals surface area contributed by atoms with Crippen LogP contribution in [0.2, 0.25) is 0 Å². The lowest BCUT2D eigenvalue weighted by atomic mass is 10.4. The van der Waals surface area contributed by atoms with Crippen molar-refractivity contribution in [3.8, 4) is 0 Å². The topological polar surface area (TPSA) is 26.3 Å². The second-order valence-electron chi connectivity index (χ2n) is 1.48. The molecule has 0 spiro atoms. The molecule has 0 bridgehead atoms. The number of esters is 1. The third-order valence-electron chi connectivity index (χ3n) is 0.757. The Labute approximate surface area is 55.5 Å². The van der Waals surface area contributed by atoms with Crippen LogP contribution in [0, 0.1) is 6.92 Å². The molecule has 0 aliphatic carbocycles. The fraction of sp³-hybridized carbons (Fsp3) is 0.429. The zero-order valence-electron chi connectivity index (χ0n) is 5.59. The van der Waals surface area contributed by atoms with Crippen molar-refractivity contribution >= 4 is 5.97 Å². The van der Waals surface area contributed by atoms with Gasteiger partial charge in [0.25, 0.3) is 0 Å². The van der Waals surface area contributed by atoms with Gasteiger partial charge >= 0.3 is 5.97 Å². The highest BCUT2D eigenvalue weighted by molar-refractivity contribution is 5.71. The Morgan fingerprint density at radius 1 is 1.78 bits per heavy atom. The van der Waals surface area contributed by atoms with Crippen LogP contribution in [0.1, 0.15) is 13.3 Å². The molecule has 0 aromatic heterocycles. The van der Waals surface area contributed by atoms with E-state index in [2.05, 4.69) is 11.7 Å². The van der Waals surface area contributed by atoms with E-state index in [0.717, 1.165) is 0 Å². The Kier molecular flexibility index (Phi) is 4.88. The molecule has 0 saturated carbocycles. The Morgan fingerprint density at radius 3 is 2.89 bits per heavy atom. The molecular formula is C7H11O2. The molecule has 0 heterocycles. The fourth-order valence-corrected chi connectivity index (χ4v) is 0.399. The van der Waals surface area contributed by atoms with E-state index in [-0.39, 0.29) is 5.97 Å². The molecule has 0 N–H and O–H groups in total. The van der Waals surface area contributed by atoms with Gasteiger partial charge in [0.1, 0.15) is 0 Å². The lowest BCUT2D eigenvalue weighted by Gasteiger charge is -1.95. The van der Waals surface area contributed by atoms with E-state index in [1.165, 1.54) is 0 Å². The second-order valence-corrected chi connectivity index (χ2v) is 1.48. The Morgan fingerprint density at radius 2 is 2.44 bits per heavy atom. The van der Waals surface area contributed by atoms with Crippen LogP contribution < -0.4 is 0 Å². The first kappa shape index (κ1) is 8.21. The van der Waals surface area contributed by atoms with Gasteiger partial charge in [0.15, 0.2) is 0 Å². The molecule has 0 saturated heterocycles. The summed E-state index contributed by atoms with van der Waals surface area (Å²) in [6, 6.07) is 0. The molecule has 2 nitrogen and oxygen atoms in total. The van der Waals surface area contributed by atoms with Crippen molar-refractivity contribution in [1.82, 2.24) is 0 Å². The lowest BCUT2D eigenvalue weighted by molar-refractivity contribution is -0.142. The van der Waals surface area contributed by atoms with Crippen LogP contribution in [0.3, 0.4) is 0 Å². The van der Waals surface area contributed by atoms with Crippen LogP contribution in [0.4, 0.5) is 0 Å². The van der Waals surface area contributed by atoms with Gasteiger partial charge < -0.3 is 4.74 Å². The Hall–Kier alpha value is -0.790. The Balaban J connectivity index is 3.27. The Bertz CT molecular complexity index is 105. The predicted molar refractivity (Wildman–Crippen MR) is 35.7 cm³/mol. The average molecular weight is 127 g/mol. The third kappa shape index (κ3) is 5.07. The summed E-state index contributed by atoms with van der Waals surface area (Å²) in [5, 5.41) is 0. The summed E-state index contributed by atoms with van der Waals surface area (Å²) >= 11 is 0. The molecular weight excluding hydrogens is 116 g/mol. The monoisotopic (exact) mass is 127 g/mol. The van der Waals surface area contributed by atoms with Gasteiger partial charge in [-0.25, -0.2) is 0 Å². The molecule has 9 heavy (non-hydrogen) atoms. The molecule has 51 valence electrons. The molecule has 0 aliphatic rings. The van der Waals surface area contributed by atoms with Crippen molar-refractivity contribution in [2.24, 2.45) is 0 Å². The average Bonchev–Trinajstić information content (AvgIpc) is 1.85. The minimum Gasteiger partial charge on any atom is -0.466 e. The molecule has 0 amide bonds. The van der Waals surface area contributed by atoms with Crippen LogP contribution in [-0.4, -0.2) is 12.6 Å². The maximum absolute atomic E-state index is 10.5. The number of allylic oxidation sites excluding steroid dienone is 1. The molecule has 0 fully saturated rings. The van der Waals surface area contributed by atoms with E-state index in [1.54, 1.807) is 19.1 Å². The van der Waals surface area contributed by atoms with Gasteiger partial charge in [-0.15, -0.1) is 0 Å². The van der Waals surface area contributed by atoms with E-state index in [9.17, 15) is 4.79 Å². The van der Waals surface area contributed by atoms with Crippen LogP contribution in [0.5, 0.6) is 0 Å². The van der Waals surface area contributed by atoms with E-state index in [4.69, 9.17) is 0 Å². The molecule has 0 unspecified atom stereocenters. The van der Waals surface area contributed by atoms with E-state index in [1.807, 2.05) is 0 Å². The van der Waals surface area contributed by atoms with E-state index < -0.39 is 0 Å². The van der Waals surface area contributed by atoms with Crippen LogP contribution in [-0.2, 0) is 9.53 Å².